The molecule has 1 N–H and O–H groups in total. The number of nitrogens with zero attached hydrogens (tertiary/aromatic N) is 1. The summed E-state index contributed by atoms with van der Waals surface area (Å²) in [7, 11) is 0. The minimum Gasteiger partial charge on any atom is -0.352 e. The molecule has 2 amide bonds. The van der Waals surface area contributed by atoms with Gasteiger partial charge in [-0.3, -0.25) is 9.59 Å². The first-order valence-electron chi connectivity index (χ1n) is 6.49. The summed E-state index contributed by atoms with van der Waals surface area (Å²) in [5.74, 6) is -0.620. The quantitative estimate of drug-likeness (QED) is 0.896. The Balaban J connectivity index is 2.08. The van der Waals surface area contributed by atoms with Crippen molar-refractivity contribution in [1.29, 1.82) is 0 Å². The van der Waals surface area contributed by atoms with Gasteiger partial charge in [0.25, 0.3) is 5.91 Å². The summed E-state index contributed by atoms with van der Waals surface area (Å²) < 4.78 is 13.5. The number of piperidine rings is 1. The maximum atomic E-state index is 13.2. The van der Waals surface area contributed by atoms with Crippen LogP contribution in [0.2, 0.25) is 0 Å². The molecule has 108 valence electrons. The number of nitrogens with one attached hydrogen (secondary N) is 1. The first kappa shape index (κ1) is 15.0. The number of benzene rings is 1. The van der Waals surface area contributed by atoms with E-state index in [9.17, 15) is 14.0 Å². The molecule has 4 nitrogen and oxygen atoms in total. The molecule has 1 saturated heterocycles. The normalized spacial score (nSPS) is 18.8. The zero-order valence-corrected chi connectivity index (χ0v) is 12.7. The van der Waals surface area contributed by atoms with Crippen LogP contribution in [0, 0.1) is 5.82 Å². The Morgan fingerprint density at radius 3 is 2.85 bits per heavy atom. The Morgan fingerprint density at radius 2 is 2.20 bits per heavy atom. The van der Waals surface area contributed by atoms with Gasteiger partial charge in [0.05, 0.1) is 4.47 Å². The molecule has 1 heterocycles. The fourth-order valence-electron chi connectivity index (χ4n) is 2.38. The van der Waals surface area contributed by atoms with Crippen LogP contribution < -0.4 is 5.32 Å². The van der Waals surface area contributed by atoms with Crippen molar-refractivity contribution < 1.29 is 14.0 Å². The zero-order chi connectivity index (χ0) is 14.7. The van der Waals surface area contributed by atoms with Crippen LogP contribution >= 0.6 is 15.9 Å². The molecule has 6 heteroatoms. The molecule has 1 aromatic rings. The predicted molar refractivity (Wildman–Crippen MR) is 76.8 cm³/mol. The van der Waals surface area contributed by atoms with E-state index in [0.717, 1.165) is 12.8 Å². The summed E-state index contributed by atoms with van der Waals surface area (Å²) in [6.45, 7) is 2.62. The van der Waals surface area contributed by atoms with Crippen LogP contribution in [0.1, 0.15) is 30.1 Å². The first-order chi connectivity index (χ1) is 9.47. The Hall–Kier alpha value is -1.43. The molecule has 1 aliphatic heterocycles. The van der Waals surface area contributed by atoms with Gasteiger partial charge in [-0.1, -0.05) is 0 Å². The van der Waals surface area contributed by atoms with Crippen molar-refractivity contribution >= 4 is 27.7 Å². The lowest BCUT2D eigenvalue weighted by atomic mass is 10.0. The number of hydrogen-bond donors (Lipinski definition) is 1. The largest absolute Gasteiger partial charge is 0.352 e. The Bertz CT molecular complexity index is 536. The van der Waals surface area contributed by atoms with Crippen molar-refractivity contribution in [2.24, 2.45) is 0 Å². The maximum Gasteiger partial charge on any atom is 0.253 e. The fourth-order valence-corrected chi connectivity index (χ4v) is 2.76. The summed E-state index contributed by atoms with van der Waals surface area (Å²) in [5, 5.41) is 2.84. The molecular weight excluding hydrogens is 327 g/mol. The molecule has 1 aliphatic rings. The Labute approximate surface area is 125 Å². The lowest BCUT2D eigenvalue weighted by molar-refractivity contribution is -0.120. The van der Waals surface area contributed by atoms with E-state index in [0.29, 0.717) is 18.7 Å². The molecule has 0 aromatic heterocycles. The number of rotatable bonds is 2. The van der Waals surface area contributed by atoms with E-state index < -0.39 is 5.82 Å². The van der Waals surface area contributed by atoms with Gasteiger partial charge in [-0.15, -0.1) is 0 Å². The van der Waals surface area contributed by atoms with E-state index in [-0.39, 0.29) is 22.3 Å². The van der Waals surface area contributed by atoms with E-state index >= 15 is 0 Å². The van der Waals surface area contributed by atoms with Crippen molar-refractivity contribution in [3.63, 3.8) is 0 Å². The van der Waals surface area contributed by atoms with Gasteiger partial charge < -0.3 is 10.2 Å². The van der Waals surface area contributed by atoms with Gasteiger partial charge in [0.15, 0.2) is 0 Å². The number of likely N-dealkylation sites (tertiary alicyclic amines) is 1. The minimum atomic E-state index is -0.392. The highest BCUT2D eigenvalue weighted by molar-refractivity contribution is 9.10. The van der Waals surface area contributed by atoms with Crippen LogP contribution in [0.25, 0.3) is 0 Å². The number of amides is 2. The minimum absolute atomic E-state index is 0.00547. The molecule has 1 atom stereocenters. The van der Waals surface area contributed by atoms with Crippen LogP contribution in [0.3, 0.4) is 0 Å². The molecule has 0 radical (unpaired) electrons. The average Bonchev–Trinajstić information content (AvgIpc) is 2.40. The topological polar surface area (TPSA) is 49.4 Å². The number of carbonyl (C=O) groups is 2. The van der Waals surface area contributed by atoms with E-state index in [1.54, 1.807) is 4.90 Å². The van der Waals surface area contributed by atoms with Crippen molar-refractivity contribution in [3.8, 4) is 0 Å². The molecule has 1 fully saturated rings. The highest BCUT2D eigenvalue weighted by Gasteiger charge is 2.25. The van der Waals surface area contributed by atoms with Gasteiger partial charge in [0, 0.05) is 31.6 Å². The van der Waals surface area contributed by atoms with Gasteiger partial charge in [0.1, 0.15) is 5.82 Å². The second kappa shape index (κ2) is 6.35. The average molecular weight is 343 g/mol. The number of hydrogen-bond acceptors (Lipinski definition) is 2. The SMILES string of the molecule is CC(=O)NC1CCCN(C(=O)c2ccc(F)c(Br)c2)C1. The number of carbonyl (C=O) groups excluding carboxylic acids is 2. The van der Waals surface area contributed by atoms with Crippen molar-refractivity contribution in [1.82, 2.24) is 10.2 Å². The molecule has 0 bridgehead atoms. The molecular formula is C14H16BrFN2O2. The summed E-state index contributed by atoms with van der Waals surface area (Å²) in [6.07, 6.45) is 1.72. The lowest BCUT2D eigenvalue weighted by Gasteiger charge is -2.33. The maximum absolute atomic E-state index is 13.2. The van der Waals surface area contributed by atoms with Crippen LogP contribution in [0.4, 0.5) is 4.39 Å². The van der Waals surface area contributed by atoms with E-state index in [1.165, 1.54) is 25.1 Å². The van der Waals surface area contributed by atoms with Gasteiger partial charge >= 0.3 is 0 Å². The molecule has 0 aliphatic carbocycles. The second-order valence-corrected chi connectivity index (χ2v) is 5.77. The Morgan fingerprint density at radius 1 is 1.45 bits per heavy atom. The third kappa shape index (κ3) is 3.56. The van der Waals surface area contributed by atoms with E-state index in [4.69, 9.17) is 0 Å². The highest BCUT2D eigenvalue weighted by atomic mass is 79.9. The second-order valence-electron chi connectivity index (χ2n) is 4.92. The standard InChI is InChI=1S/C14H16BrFN2O2/c1-9(19)17-11-3-2-6-18(8-11)14(20)10-4-5-13(16)12(15)7-10/h4-5,7,11H,2-3,6,8H2,1H3,(H,17,19). The van der Waals surface area contributed by atoms with Gasteiger partial charge in [-0.05, 0) is 47.0 Å². The Kier molecular flexibility index (Phi) is 4.75. The molecule has 1 unspecified atom stereocenters. The lowest BCUT2D eigenvalue weighted by Crippen LogP contribution is -2.49. The molecule has 20 heavy (non-hydrogen) atoms. The van der Waals surface area contributed by atoms with Crippen LogP contribution in [0.5, 0.6) is 0 Å². The van der Waals surface area contributed by atoms with Crippen LogP contribution in [0.15, 0.2) is 22.7 Å². The molecule has 0 spiro atoms. The third-order valence-electron chi connectivity index (χ3n) is 3.28. The summed E-state index contributed by atoms with van der Waals surface area (Å²) in [5.41, 5.74) is 0.446. The predicted octanol–water partition coefficient (Wildman–Crippen LogP) is 2.33. The van der Waals surface area contributed by atoms with E-state index in [2.05, 4.69) is 21.2 Å². The van der Waals surface area contributed by atoms with E-state index in [1.807, 2.05) is 0 Å². The number of halogens is 2. The third-order valence-corrected chi connectivity index (χ3v) is 3.89. The highest BCUT2D eigenvalue weighted by Crippen LogP contribution is 2.19. The smallest absolute Gasteiger partial charge is 0.253 e. The van der Waals surface area contributed by atoms with Gasteiger partial charge in [-0.2, -0.15) is 0 Å². The summed E-state index contributed by atoms with van der Waals surface area (Å²) in [6, 6.07) is 4.23. The van der Waals surface area contributed by atoms with Crippen molar-refractivity contribution in [2.45, 2.75) is 25.8 Å². The fraction of sp³-hybridized carbons (Fsp3) is 0.429. The zero-order valence-electron chi connectivity index (χ0n) is 11.2. The van der Waals surface area contributed by atoms with Crippen molar-refractivity contribution in [3.05, 3.63) is 34.1 Å². The first-order valence-corrected chi connectivity index (χ1v) is 7.28. The molecule has 0 saturated carbocycles. The molecule has 2 rings (SSSR count). The molecule has 1 aromatic carbocycles. The van der Waals surface area contributed by atoms with Crippen LogP contribution in [-0.4, -0.2) is 35.8 Å². The van der Waals surface area contributed by atoms with Gasteiger partial charge in [-0.25, -0.2) is 4.39 Å². The van der Waals surface area contributed by atoms with Crippen LogP contribution in [-0.2, 0) is 4.79 Å². The monoisotopic (exact) mass is 342 g/mol. The van der Waals surface area contributed by atoms with Crippen molar-refractivity contribution in [2.75, 3.05) is 13.1 Å². The summed E-state index contributed by atoms with van der Waals surface area (Å²) >= 11 is 3.08. The van der Waals surface area contributed by atoms with Gasteiger partial charge in [0.2, 0.25) is 5.91 Å². The summed E-state index contributed by atoms with van der Waals surface area (Å²) in [4.78, 5) is 25.1.